The number of hydrogen-bond acceptors (Lipinski definition) is 1. The highest BCUT2D eigenvalue weighted by Gasteiger charge is 2.24. The standard InChI is InChI=1S/C11H21FO/c1-9(12)8-11(13-2)10-6-4-3-5-7-10/h9-11H,3-8H2,1-2H3. The van der Waals surface area contributed by atoms with Gasteiger partial charge < -0.3 is 4.74 Å². The first-order chi connectivity index (χ1) is 6.24. The van der Waals surface area contributed by atoms with Crippen molar-refractivity contribution in [2.45, 2.75) is 57.7 Å². The lowest BCUT2D eigenvalue weighted by atomic mass is 9.83. The minimum Gasteiger partial charge on any atom is -0.381 e. The Labute approximate surface area is 80.7 Å². The van der Waals surface area contributed by atoms with E-state index in [1.54, 1.807) is 14.0 Å². The van der Waals surface area contributed by atoms with Crippen LogP contribution in [0.4, 0.5) is 4.39 Å². The summed E-state index contributed by atoms with van der Waals surface area (Å²) >= 11 is 0. The second-order valence-electron chi connectivity index (χ2n) is 4.19. The maximum atomic E-state index is 12.8. The van der Waals surface area contributed by atoms with E-state index in [1.165, 1.54) is 32.1 Å². The maximum Gasteiger partial charge on any atom is 0.0998 e. The predicted octanol–water partition coefficient (Wildman–Crippen LogP) is 3.33. The van der Waals surface area contributed by atoms with Gasteiger partial charge in [-0.2, -0.15) is 0 Å². The zero-order chi connectivity index (χ0) is 9.68. The molecule has 1 rings (SSSR count). The van der Waals surface area contributed by atoms with Crippen LogP contribution in [0.2, 0.25) is 0 Å². The van der Waals surface area contributed by atoms with Crippen molar-refractivity contribution >= 4 is 0 Å². The molecule has 78 valence electrons. The summed E-state index contributed by atoms with van der Waals surface area (Å²) in [6.45, 7) is 1.62. The van der Waals surface area contributed by atoms with Gasteiger partial charge in [0.05, 0.1) is 12.3 Å². The fourth-order valence-corrected chi connectivity index (χ4v) is 2.31. The van der Waals surface area contributed by atoms with Crippen molar-refractivity contribution < 1.29 is 9.13 Å². The van der Waals surface area contributed by atoms with Crippen LogP contribution in [0.5, 0.6) is 0 Å². The second kappa shape index (κ2) is 5.58. The molecule has 1 aliphatic carbocycles. The van der Waals surface area contributed by atoms with E-state index >= 15 is 0 Å². The maximum absolute atomic E-state index is 12.8. The molecule has 0 aromatic rings. The fourth-order valence-electron chi connectivity index (χ4n) is 2.31. The second-order valence-corrected chi connectivity index (χ2v) is 4.19. The van der Waals surface area contributed by atoms with Crippen LogP contribution in [0.25, 0.3) is 0 Å². The highest BCUT2D eigenvalue weighted by atomic mass is 19.1. The lowest BCUT2D eigenvalue weighted by Crippen LogP contribution is -2.27. The van der Waals surface area contributed by atoms with Crippen LogP contribution in [-0.2, 0) is 4.74 Å². The van der Waals surface area contributed by atoms with E-state index in [9.17, 15) is 4.39 Å². The summed E-state index contributed by atoms with van der Waals surface area (Å²) < 4.78 is 18.2. The molecule has 1 fully saturated rings. The third-order valence-electron chi connectivity index (χ3n) is 3.04. The first-order valence-corrected chi connectivity index (χ1v) is 5.41. The van der Waals surface area contributed by atoms with Gasteiger partial charge in [-0.05, 0) is 25.7 Å². The Morgan fingerprint density at radius 2 is 1.92 bits per heavy atom. The molecule has 0 spiro atoms. The highest BCUT2D eigenvalue weighted by Crippen LogP contribution is 2.29. The molecule has 1 saturated carbocycles. The monoisotopic (exact) mass is 188 g/mol. The van der Waals surface area contributed by atoms with Crippen LogP contribution in [0.15, 0.2) is 0 Å². The summed E-state index contributed by atoms with van der Waals surface area (Å²) in [6, 6.07) is 0. The Bertz CT molecular complexity index is 130. The predicted molar refractivity (Wildman–Crippen MR) is 52.6 cm³/mol. The normalized spacial score (nSPS) is 24.2. The Morgan fingerprint density at radius 1 is 1.31 bits per heavy atom. The first-order valence-electron chi connectivity index (χ1n) is 5.41. The smallest absolute Gasteiger partial charge is 0.0998 e. The van der Waals surface area contributed by atoms with E-state index in [1.807, 2.05) is 0 Å². The molecule has 0 saturated heterocycles. The van der Waals surface area contributed by atoms with Gasteiger partial charge in [0, 0.05) is 13.5 Å². The number of halogens is 1. The lowest BCUT2D eigenvalue weighted by molar-refractivity contribution is 0.0159. The Kier molecular flexibility index (Phi) is 4.71. The fraction of sp³-hybridized carbons (Fsp3) is 1.00. The van der Waals surface area contributed by atoms with Gasteiger partial charge in [0.15, 0.2) is 0 Å². The molecular weight excluding hydrogens is 167 g/mol. The average Bonchev–Trinajstić information content (AvgIpc) is 2.15. The molecule has 0 aromatic heterocycles. The summed E-state index contributed by atoms with van der Waals surface area (Å²) in [4.78, 5) is 0. The number of alkyl halides is 1. The summed E-state index contributed by atoms with van der Waals surface area (Å²) in [7, 11) is 1.71. The van der Waals surface area contributed by atoms with E-state index in [-0.39, 0.29) is 6.10 Å². The lowest BCUT2D eigenvalue weighted by Gasteiger charge is -2.29. The summed E-state index contributed by atoms with van der Waals surface area (Å²) in [5, 5.41) is 0. The third-order valence-corrected chi connectivity index (χ3v) is 3.04. The molecule has 2 heteroatoms. The van der Waals surface area contributed by atoms with Crippen LogP contribution in [0.1, 0.15) is 45.4 Å². The van der Waals surface area contributed by atoms with E-state index < -0.39 is 6.17 Å². The molecular formula is C11H21FO. The topological polar surface area (TPSA) is 9.23 Å². The van der Waals surface area contributed by atoms with Crippen molar-refractivity contribution in [3.05, 3.63) is 0 Å². The van der Waals surface area contributed by atoms with E-state index in [0.717, 1.165) is 0 Å². The van der Waals surface area contributed by atoms with Crippen molar-refractivity contribution in [2.75, 3.05) is 7.11 Å². The zero-order valence-corrected chi connectivity index (χ0v) is 8.76. The largest absolute Gasteiger partial charge is 0.381 e. The molecule has 0 aliphatic heterocycles. The van der Waals surface area contributed by atoms with E-state index in [0.29, 0.717) is 12.3 Å². The molecule has 0 N–H and O–H groups in total. The van der Waals surface area contributed by atoms with Gasteiger partial charge in [-0.15, -0.1) is 0 Å². The van der Waals surface area contributed by atoms with Gasteiger partial charge in [-0.25, -0.2) is 4.39 Å². The quantitative estimate of drug-likeness (QED) is 0.657. The van der Waals surface area contributed by atoms with Crippen LogP contribution in [-0.4, -0.2) is 19.4 Å². The van der Waals surface area contributed by atoms with Gasteiger partial charge in [0.25, 0.3) is 0 Å². The molecule has 2 unspecified atom stereocenters. The summed E-state index contributed by atoms with van der Waals surface area (Å²) in [6.07, 6.45) is 6.39. The zero-order valence-electron chi connectivity index (χ0n) is 8.76. The molecule has 1 nitrogen and oxygen atoms in total. The molecule has 0 radical (unpaired) electrons. The molecule has 1 aliphatic rings. The Balaban J connectivity index is 2.34. The van der Waals surface area contributed by atoms with Crippen molar-refractivity contribution in [2.24, 2.45) is 5.92 Å². The van der Waals surface area contributed by atoms with Crippen LogP contribution in [0.3, 0.4) is 0 Å². The van der Waals surface area contributed by atoms with E-state index in [2.05, 4.69) is 0 Å². The van der Waals surface area contributed by atoms with Gasteiger partial charge >= 0.3 is 0 Å². The minimum atomic E-state index is -0.730. The average molecular weight is 188 g/mol. The van der Waals surface area contributed by atoms with Gasteiger partial charge in [0.2, 0.25) is 0 Å². The molecule has 13 heavy (non-hydrogen) atoms. The molecule has 0 amide bonds. The highest BCUT2D eigenvalue weighted by molar-refractivity contribution is 4.75. The van der Waals surface area contributed by atoms with Crippen molar-refractivity contribution in [1.82, 2.24) is 0 Å². The minimum absolute atomic E-state index is 0.153. The van der Waals surface area contributed by atoms with Crippen molar-refractivity contribution in [3.8, 4) is 0 Å². The molecule has 0 bridgehead atoms. The molecule has 2 atom stereocenters. The van der Waals surface area contributed by atoms with Crippen LogP contribution in [0, 0.1) is 5.92 Å². The van der Waals surface area contributed by atoms with Crippen molar-refractivity contribution in [3.63, 3.8) is 0 Å². The molecule has 0 aromatic carbocycles. The number of methoxy groups -OCH3 is 1. The van der Waals surface area contributed by atoms with Gasteiger partial charge in [-0.1, -0.05) is 19.3 Å². The first kappa shape index (κ1) is 11.0. The van der Waals surface area contributed by atoms with Crippen LogP contribution >= 0.6 is 0 Å². The molecule has 0 heterocycles. The third kappa shape index (κ3) is 3.63. The van der Waals surface area contributed by atoms with Crippen LogP contribution < -0.4 is 0 Å². The number of hydrogen-bond donors (Lipinski definition) is 0. The number of ether oxygens (including phenoxy) is 1. The summed E-state index contributed by atoms with van der Waals surface area (Å²) in [5.74, 6) is 0.608. The van der Waals surface area contributed by atoms with Crippen molar-refractivity contribution in [1.29, 1.82) is 0 Å². The van der Waals surface area contributed by atoms with Gasteiger partial charge in [-0.3, -0.25) is 0 Å². The summed E-state index contributed by atoms with van der Waals surface area (Å²) in [5.41, 5.74) is 0. The van der Waals surface area contributed by atoms with E-state index in [4.69, 9.17) is 4.74 Å². The van der Waals surface area contributed by atoms with Gasteiger partial charge in [0.1, 0.15) is 0 Å². The Hall–Kier alpha value is -0.110. The number of rotatable bonds is 4. The Morgan fingerprint density at radius 3 is 2.38 bits per heavy atom. The SMILES string of the molecule is COC(CC(C)F)C1CCCCC1.